The highest BCUT2D eigenvalue weighted by Gasteiger charge is 2.45. The molecular formula is C29H32FN7O2. The van der Waals surface area contributed by atoms with Crippen LogP contribution in [0.1, 0.15) is 25.7 Å². The minimum Gasteiger partial charge on any atom is -0.508 e. The topological polar surface area (TPSA) is 98.7 Å². The second kappa shape index (κ2) is 9.86. The lowest BCUT2D eigenvalue weighted by Gasteiger charge is -2.31. The first-order valence-corrected chi connectivity index (χ1v) is 13.8. The Morgan fingerprint density at radius 2 is 1.74 bits per heavy atom. The van der Waals surface area contributed by atoms with E-state index >= 15 is 4.39 Å². The summed E-state index contributed by atoms with van der Waals surface area (Å²) in [5.74, 6) is 0.120. The zero-order chi connectivity index (χ0) is 26.4. The van der Waals surface area contributed by atoms with E-state index in [-0.39, 0.29) is 28.5 Å². The van der Waals surface area contributed by atoms with Crippen LogP contribution >= 0.6 is 0 Å². The fourth-order valence-corrected chi connectivity index (χ4v) is 6.55. The number of nitrogens with one attached hydrogen (secondary N) is 2. The van der Waals surface area contributed by atoms with Crippen LogP contribution in [0.5, 0.6) is 11.8 Å². The highest BCUT2D eigenvalue weighted by Crippen LogP contribution is 2.40. The summed E-state index contributed by atoms with van der Waals surface area (Å²) < 4.78 is 22.7. The van der Waals surface area contributed by atoms with Gasteiger partial charge in [-0.05, 0) is 61.7 Å². The molecule has 0 unspecified atom stereocenters. The Bertz CT molecular complexity index is 1530. The number of halogens is 1. The molecule has 10 heteroatoms. The molecule has 0 bridgehead atoms. The van der Waals surface area contributed by atoms with Gasteiger partial charge in [0.1, 0.15) is 29.4 Å². The number of phenols is 1. The van der Waals surface area contributed by atoms with Crippen molar-refractivity contribution in [3.63, 3.8) is 0 Å². The van der Waals surface area contributed by atoms with Crippen molar-refractivity contribution < 1.29 is 14.2 Å². The van der Waals surface area contributed by atoms with Crippen molar-refractivity contribution in [3.05, 3.63) is 48.4 Å². The smallest absolute Gasteiger partial charge is 0.319 e. The summed E-state index contributed by atoms with van der Waals surface area (Å²) in [6.45, 7) is 5.50. The fraction of sp³-hybridized carbons (Fsp3) is 0.414. The summed E-state index contributed by atoms with van der Waals surface area (Å²) in [6.07, 6.45) is 6.19. The molecule has 3 fully saturated rings. The number of aromatic hydroxyl groups is 1. The number of anilines is 1. The number of pyridine rings is 1. The van der Waals surface area contributed by atoms with E-state index in [0.29, 0.717) is 49.6 Å². The van der Waals surface area contributed by atoms with Crippen LogP contribution in [0.2, 0.25) is 0 Å². The predicted molar refractivity (Wildman–Crippen MR) is 148 cm³/mol. The second-order valence-electron chi connectivity index (χ2n) is 10.8. The Hall–Kier alpha value is -3.60. The Balaban J connectivity index is 1.35. The molecule has 0 spiro atoms. The van der Waals surface area contributed by atoms with Gasteiger partial charge in [0.05, 0.1) is 10.9 Å². The van der Waals surface area contributed by atoms with Crippen LogP contribution in [0, 0.1) is 5.82 Å². The number of ether oxygens (including phenoxy) is 1. The fourth-order valence-electron chi connectivity index (χ4n) is 6.55. The summed E-state index contributed by atoms with van der Waals surface area (Å²) in [4.78, 5) is 18.6. The van der Waals surface area contributed by atoms with Gasteiger partial charge < -0.3 is 14.7 Å². The number of hydrogen-bond donors (Lipinski definition) is 3. The summed E-state index contributed by atoms with van der Waals surface area (Å²) in [7, 11) is 0. The standard InChI is InChI=1S/C29H32FN7O2/c30-24-25(22-16-20(38)15-19-5-1-2-6-21(19)22)31-17-23-26(24)34-28(35-27(23)36-13-9-32-33-10-14-36)39-18-29-7-3-11-37(29)12-4-8-29/h1-2,5-6,15-17,32-33,38H,3-4,7-14,18H2. The first kappa shape index (κ1) is 24.4. The van der Waals surface area contributed by atoms with Gasteiger partial charge in [0, 0.05) is 37.9 Å². The average Bonchev–Trinajstić information content (AvgIpc) is 3.41. The third-order valence-corrected chi connectivity index (χ3v) is 8.46. The van der Waals surface area contributed by atoms with Crippen LogP contribution in [0.25, 0.3) is 32.9 Å². The van der Waals surface area contributed by atoms with E-state index in [9.17, 15) is 5.11 Å². The summed E-state index contributed by atoms with van der Waals surface area (Å²) in [6, 6.07) is 11.0. The normalized spacial score (nSPS) is 19.5. The van der Waals surface area contributed by atoms with Crippen LogP contribution in [0.15, 0.2) is 42.6 Å². The molecular weight excluding hydrogens is 497 g/mol. The maximum atomic E-state index is 16.4. The molecule has 3 N–H and O–H groups in total. The SMILES string of the molecule is Oc1cc(-c2ncc3c(N4CCNNCC4)nc(OCC45CCCN4CCC5)nc3c2F)c2ccccc2c1. The molecule has 4 aromatic rings. The summed E-state index contributed by atoms with van der Waals surface area (Å²) in [5, 5.41) is 12.5. The molecule has 7 rings (SSSR count). The first-order chi connectivity index (χ1) is 19.1. The second-order valence-corrected chi connectivity index (χ2v) is 10.8. The van der Waals surface area contributed by atoms with Crippen molar-refractivity contribution in [3.8, 4) is 23.0 Å². The lowest BCUT2D eigenvalue weighted by atomic mass is 9.95. The number of hydrogen-bond acceptors (Lipinski definition) is 9. The molecule has 3 saturated heterocycles. The Morgan fingerprint density at radius 1 is 0.974 bits per heavy atom. The minimum atomic E-state index is -0.552. The van der Waals surface area contributed by atoms with E-state index in [1.165, 1.54) is 12.8 Å². The molecule has 5 heterocycles. The van der Waals surface area contributed by atoms with Crippen molar-refractivity contribution >= 4 is 27.5 Å². The molecule has 0 amide bonds. The molecule has 0 atom stereocenters. The lowest BCUT2D eigenvalue weighted by Crippen LogP contribution is -2.43. The Morgan fingerprint density at radius 3 is 2.54 bits per heavy atom. The van der Waals surface area contributed by atoms with Crippen molar-refractivity contribution in [1.82, 2.24) is 30.7 Å². The van der Waals surface area contributed by atoms with Gasteiger partial charge in [0.15, 0.2) is 5.82 Å². The van der Waals surface area contributed by atoms with Crippen LogP contribution in [0.3, 0.4) is 0 Å². The quantitative estimate of drug-likeness (QED) is 0.358. The van der Waals surface area contributed by atoms with E-state index in [1.807, 2.05) is 24.3 Å². The van der Waals surface area contributed by atoms with Gasteiger partial charge in [-0.15, -0.1) is 0 Å². The average molecular weight is 530 g/mol. The number of aromatic nitrogens is 3. The van der Waals surface area contributed by atoms with Crippen molar-refractivity contribution in [1.29, 1.82) is 0 Å². The Labute approximate surface area is 226 Å². The van der Waals surface area contributed by atoms with Gasteiger partial charge in [0.25, 0.3) is 0 Å². The number of hydrazine groups is 1. The molecule has 0 saturated carbocycles. The van der Waals surface area contributed by atoms with E-state index in [2.05, 4.69) is 30.6 Å². The van der Waals surface area contributed by atoms with Crippen molar-refractivity contribution in [2.24, 2.45) is 0 Å². The highest BCUT2D eigenvalue weighted by atomic mass is 19.1. The van der Waals surface area contributed by atoms with Crippen LogP contribution in [-0.4, -0.2) is 76.4 Å². The van der Waals surface area contributed by atoms with Crippen molar-refractivity contribution in [2.75, 3.05) is 50.8 Å². The molecule has 3 aliphatic heterocycles. The summed E-state index contributed by atoms with van der Waals surface area (Å²) in [5.41, 5.74) is 7.20. The summed E-state index contributed by atoms with van der Waals surface area (Å²) >= 11 is 0. The molecule has 0 aliphatic carbocycles. The van der Waals surface area contributed by atoms with E-state index in [0.717, 1.165) is 36.7 Å². The van der Waals surface area contributed by atoms with Gasteiger partial charge in [-0.25, -0.2) is 4.39 Å². The lowest BCUT2D eigenvalue weighted by molar-refractivity contribution is 0.108. The molecule has 2 aromatic heterocycles. The minimum absolute atomic E-state index is 0.0252. The van der Waals surface area contributed by atoms with Gasteiger partial charge in [-0.3, -0.25) is 20.7 Å². The maximum absolute atomic E-state index is 16.4. The maximum Gasteiger partial charge on any atom is 0.319 e. The van der Waals surface area contributed by atoms with Gasteiger partial charge in [0.2, 0.25) is 0 Å². The van der Waals surface area contributed by atoms with Gasteiger partial charge >= 0.3 is 6.01 Å². The van der Waals surface area contributed by atoms with Crippen LogP contribution < -0.4 is 20.5 Å². The molecule has 9 nitrogen and oxygen atoms in total. The van der Waals surface area contributed by atoms with Crippen molar-refractivity contribution in [2.45, 2.75) is 31.2 Å². The molecule has 2 aromatic carbocycles. The molecule has 3 aliphatic rings. The predicted octanol–water partition coefficient (Wildman–Crippen LogP) is 3.61. The zero-order valence-electron chi connectivity index (χ0n) is 21.8. The number of phenolic OH excluding ortho intramolecular Hbond substituents is 1. The highest BCUT2D eigenvalue weighted by molar-refractivity contribution is 5.99. The van der Waals surface area contributed by atoms with Gasteiger partial charge in [-0.1, -0.05) is 24.3 Å². The zero-order valence-corrected chi connectivity index (χ0v) is 21.8. The number of fused-ring (bicyclic) bond motifs is 3. The molecule has 202 valence electrons. The van der Waals surface area contributed by atoms with E-state index in [1.54, 1.807) is 18.3 Å². The third kappa shape index (κ3) is 4.32. The molecule has 39 heavy (non-hydrogen) atoms. The largest absolute Gasteiger partial charge is 0.508 e. The number of benzene rings is 2. The van der Waals surface area contributed by atoms with E-state index in [4.69, 9.17) is 9.72 Å². The third-order valence-electron chi connectivity index (χ3n) is 8.46. The number of rotatable bonds is 5. The van der Waals surface area contributed by atoms with Crippen LogP contribution in [-0.2, 0) is 0 Å². The Kier molecular flexibility index (Phi) is 6.18. The first-order valence-electron chi connectivity index (χ1n) is 13.8. The monoisotopic (exact) mass is 529 g/mol. The number of nitrogens with zero attached hydrogens (tertiary/aromatic N) is 5. The van der Waals surface area contributed by atoms with E-state index < -0.39 is 5.82 Å². The van der Waals surface area contributed by atoms with Crippen LogP contribution in [0.4, 0.5) is 10.2 Å². The van der Waals surface area contributed by atoms with Gasteiger partial charge in [-0.2, -0.15) is 9.97 Å². The molecule has 0 radical (unpaired) electrons.